The van der Waals surface area contributed by atoms with Gasteiger partial charge >= 0.3 is 0 Å². The van der Waals surface area contributed by atoms with Crippen LogP contribution in [-0.2, 0) is 11.3 Å². The lowest BCUT2D eigenvalue weighted by molar-refractivity contribution is -0.121. The lowest BCUT2D eigenvalue weighted by atomic mass is 9.93. The number of carbonyl (C=O) groups excluding carboxylic acids is 2. The summed E-state index contributed by atoms with van der Waals surface area (Å²) in [5, 5.41) is 11.7. The maximum atomic E-state index is 13.8. The molecule has 3 aliphatic rings. The number of carbonyl (C=O) groups is 2. The fraction of sp³-hybridized carbons (Fsp3) is 0.429. The van der Waals surface area contributed by atoms with E-state index in [1.54, 1.807) is 4.53 Å². The quantitative estimate of drug-likeness (QED) is 0.455. The largest absolute Gasteiger partial charge is 0.352 e. The van der Waals surface area contributed by atoms with Crippen LogP contribution in [0.2, 0.25) is 0 Å². The lowest BCUT2D eigenvalue weighted by Gasteiger charge is -2.26. The van der Waals surface area contributed by atoms with Crippen molar-refractivity contribution in [2.24, 2.45) is 5.92 Å². The molecule has 3 N–H and O–H groups in total. The van der Waals surface area contributed by atoms with Gasteiger partial charge in [0.1, 0.15) is 5.82 Å². The molecule has 0 saturated carbocycles. The van der Waals surface area contributed by atoms with Gasteiger partial charge in [0.2, 0.25) is 5.91 Å². The van der Waals surface area contributed by atoms with Gasteiger partial charge in [-0.1, -0.05) is 24.3 Å². The molecule has 0 spiro atoms. The normalized spacial score (nSPS) is 17.8. The molecule has 2 aromatic rings. The number of benzene rings is 2. The van der Waals surface area contributed by atoms with E-state index < -0.39 is 0 Å². The average molecular weight is 560 g/mol. The highest BCUT2D eigenvalue weighted by atomic mass is 35.5. The zero-order valence-electron chi connectivity index (χ0n) is 21.9. The average Bonchev–Trinajstić information content (AvgIpc) is 3.07. The number of para-hydroxylation sites is 2. The molecule has 38 heavy (non-hydrogen) atoms. The third kappa shape index (κ3) is 6.10. The van der Waals surface area contributed by atoms with Crippen LogP contribution in [0.5, 0.6) is 0 Å². The summed E-state index contributed by atoms with van der Waals surface area (Å²) in [7, 11) is 1.90. The van der Waals surface area contributed by atoms with E-state index in [-0.39, 0.29) is 24.2 Å². The van der Waals surface area contributed by atoms with Gasteiger partial charge in [-0.25, -0.2) is 0 Å². The topological polar surface area (TPSA) is 79.9 Å². The van der Waals surface area contributed by atoms with Crippen LogP contribution < -0.4 is 20.9 Å². The highest BCUT2D eigenvalue weighted by molar-refractivity contribution is 6.13. The van der Waals surface area contributed by atoms with Crippen molar-refractivity contribution in [1.29, 1.82) is 0 Å². The van der Waals surface area contributed by atoms with Crippen molar-refractivity contribution in [1.82, 2.24) is 20.2 Å². The molecule has 10 heteroatoms. The first-order valence-electron chi connectivity index (χ1n) is 13.0. The van der Waals surface area contributed by atoms with Crippen LogP contribution in [0.25, 0.3) is 0 Å². The molecule has 3 aliphatic heterocycles. The van der Waals surface area contributed by atoms with Crippen LogP contribution >= 0.6 is 24.2 Å². The number of hydrazine groups is 1. The van der Waals surface area contributed by atoms with Gasteiger partial charge in [-0.3, -0.25) is 14.6 Å². The van der Waals surface area contributed by atoms with Crippen LogP contribution in [0, 0.1) is 12.8 Å². The Morgan fingerprint density at radius 2 is 1.87 bits per heavy atom. The molecule has 0 aliphatic carbocycles. The summed E-state index contributed by atoms with van der Waals surface area (Å²) >= 11 is 6.36. The molecule has 3 heterocycles. The summed E-state index contributed by atoms with van der Waals surface area (Å²) in [6, 6.07) is 13.6. The van der Waals surface area contributed by atoms with Crippen molar-refractivity contribution in [3.8, 4) is 0 Å². The van der Waals surface area contributed by atoms with Gasteiger partial charge in [0.15, 0.2) is 0 Å². The molecular weight excluding hydrogens is 523 g/mol. The number of rotatable bonds is 6. The first-order valence-corrected chi connectivity index (χ1v) is 13.4. The molecule has 1 fully saturated rings. The molecular formula is C28H36Cl2N6O2. The number of nitrogens with one attached hydrogen (secondary N) is 3. The molecule has 204 valence electrons. The number of amides is 2. The molecule has 2 amide bonds. The third-order valence-corrected chi connectivity index (χ3v) is 7.94. The first-order chi connectivity index (χ1) is 17.9. The Morgan fingerprint density at radius 3 is 2.63 bits per heavy atom. The standard InChI is InChI=1S/C28H35ClN6O2.ClH/c1-19-15-21(16-31-26(36)10-8-20-11-13-30-14-12-20)7-9-23(19)28(37)34-17-22-18-35(29)33(2)27(22)32-24-5-3-4-6-25(24)34;/h3-7,9,15,20,30,32H,8,10-14,16-18H2,1-2H3,(H,31,36);1H. The monoisotopic (exact) mass is 558 g/mol. The second kappa shape index (κ2) is 12.4. The number of anilines is 2. The number of piperidine rings is 1. The van der Waals surface area contributed by atoms with E-state index in [4.69, 9.17) is 11.8 Å². The molecule has 0 unspecified atom stereocenters. The van der Waals surface area contributed by atoms with E-state index in [0.29, 0.717) is 37.5 Å². The Bertz CT molecular complexity index is 1210. The van der Waals surface area contributed by atoms with Crippen molar-refractivity contribution in [2.45, 2.75) is 39.2 Å². The molecule has 1 saturated heterocycles. The molecule has 0 aromatic heterocycles. The van der Waals surface area contributed by atoms with Gasteiger partial charge < -0.3 is 20.9 Å². The highest BCUT2D eigenvalue weighted by Gasteiger charge is 2.33. The number of hydrogen-bond acceptors (Lipinski definition) is 6. The SMILES string of the molecule is Cc1cc(CNC(=O)CCC2CCNCC2)ccc1C(=O)N1CC2=C(Nc3ccccc31)N(C)N(Cl)C2.Cl. The van der Waals surface area contributed by atoms with Crippen LogP contribution in [-0.4, -0.2) is 54.6 Å². The molecule has 0 atom stereocenters. The zero-order chi connectivity index (χ0) is 25.9. The van der Waals surface area contributed by atoms with E-state index in [2.05, 4.69) is 16.0 Å². The summed E-state index contributed by atoms with van der Waals surface area (Å²) in [5.41, 5.74) is 5.26. The second-order valence-corrected chi connectivity index (χ2v) is 10.6. The minimum Gasteiger partial charge on any atom is -0.352 e. The Labute approximate surface area is 235 Å². The van der Waals surface area contributed by atoms with Crippen LogP contribution in [0.4, 0.5) is 11.4 Å². The van der Waals surface area contributed by atoms with Gasteiger partial charge in [-0.05, 0) is 74.5 Å². The smallest absolute Gasteiger partial charge is 0.258 e. The number of hydrogen-bond donors (Lipinski definition) is 3. The van der Waals surface area contributed by atoms with Gasteiger partial charge in [-0.15, -0.1) is 16.9 Å². The molecule has 0 bridgehead atoms. The van der Waals surface area contributed by atoms with Crippen LogP contribution in [0.1, 0.15) is 47.2 Å². The Kier molecular flexibility index (Phi) is 9.20. The summed E-state index contributed by atoms with van der Waals surface area (Å²) in [5.74, 6) is 1.57. The van der Waals surface area contributed by atoms with Gasteiger partial charge in [0.05, 0.1) is 24.5 Å². The predicted molar refractivity (Wildman–Crippen MR) is 154 cm³/mol. The molecule has 2 aromatic carbocycles. The van der Waals surface area contributed by atoms with Crippen LogP contribution in [0.3, 0.4) is 0 Å². The fourth-order valence-electron chi connectivity index (χ4n) is 5.39. The summed E-state index contributed by atoms with van der Waals surface area (Å²) in [6.45, 7) is 5.50. The lowest BCUT2D eigenvalue weighted by Crippen LogP contribution is -2.34. The van der Waals surface area contributed by atoms with Gasteiger partial charge in [0, 0.05) is 42.9 Å². The zero-order valence-corrected chi connectivity index (χ0v) is 23.5. The maximum Gasteiger partial charge on any atom is 0.258 e. The van der Waals surface area contributed by atoms with E-state index in [1.165, 1.54) is 0 Å². The highest BCUT2D eigenvalue weighted by Crippen LogP contribution is 2.36. The molecule has 5 rings (SSSR count). The third-order valence-electron chi connectivity index (χ3n) is 7.60. The Morgan fingerprint density at radius 1 is 1.11 bits per heavy atom. The summed E-state index contributed by atoms with van der Waals surface area (Å²) in [4.78, 5) is 28.1. The molecule has 0 radical (unpaired) electrons. The van der Waals surface area contributed by atoms with E-state index in [9.17, 15) is 9.59 Å². The van der Waals surface area contributed by atoms with Crippen molar-refractivity contribution in [3.63, 3.8) is 0 Å². The van der Waals surface area contributed by atoms with E-state index in [0.717, 1.165) is 66.2 Å². The van der Waals surface area contributed by atoms with Gasteiger partial charge in [-0.2, -0.15) is 0 Å². The van der Waals surface area contributed by atoms with E-state index in [1.807, 2.05) is 66.3 Å². The molecule has 8 nitrogen and oxygen atoms in total. The minimum absolute atomic E-state index is 0. The number of halogens is 2. The number of aryl methyl sites for hydroxylation is 1. The Balaban J connectivity index is 0.00000336. The van der Waals surface area contributed by atoms with Crippen molar-refractivity contribution < 1.29 is 9.59 Å². The van der Waals surface area contributed by atoms with Crippen molar-refractivity contribution in [2.75, 3.05) is 43.4 Å². The summed E-state index contributed by atoms with van der Waals surface area (Å²) < 4.78 is 1.61. The Hall–Kier alpha value is -2.78. The second-order valence-electron chi connectivity index (χ2n) is 10.2. The fourth-order valence-corrected chi connectivity index (χ4v) is 5.61. The maximum absolute atomic E-state index is 13.8. The van der Waals surface area contributed by atoms with Crippen LogP contribution in [0.15, 0.2) is 53.9 Å². The van der Waals surface area contributed by atoms with E-state index >= 15 is 0 Å². The summed E-state index contributed by atoms with van der Waals surface area (Å²) in [6.07, 6.45) is 3.81. The minimum atomic E-state index is -0.0614. The van der Waals surface area contributed by atoms with Gasteiger partial charge in [0.25, 0.3) is 5.91 Å². The van der Waals surface area contributed by atoms with Crippen molar-refractivity contribution in [3.05, 3.63) is 70.5 Å². The number of nitrogens with zero attached hydrogens (tertiary/aromatic N) is 3. The number of fused-ring (bicyclic) bond motifs is 1. The van der Waals surface area contributed by atoms with Crippen molar-refractivity contribution >= 4 is 47.4 Å². The predicted octanol–water partition coefficient (Wildman–Crippen LogP) is 4.41. The first kappa shape index (κ1) is 28.2.